The number of phenols is 1. The molecule has 2 aromatic rings. The number of carbonyl (C=O) groups is 1. The molecule has 1 aromatic carbocycles. The fourth-order valence-corrected chi connectivity index (χ4v) is 1.66. The molecule has 1 heterocycles. The van der Waals surface area contributed by atoms with Gasteiger partial charge in [-0.15, -0.1) is 4.73 Å². The predicted octanol–water partition coefficient (Wildman–Crippen LogP) is 1.46. The van der Waals surface area contributed by atoms with E-state index in [2.05, 4.69) is 0 Å². The zero-order valence-corrected chi connectivity index (χ0v) is 10.3. The first-order valence-electron chi connectivity index (χ1n) is 5.25. The van der Waals surface area contributed by atoms with Gasteiger partial charge in [0, 0.05) is 12.1 Å². The van der Waals surface area contributed by atoms with Crippen LogP contribution in [0.4, 0.5) is 0 Å². The number of aromatic hydroxyl groups is 3. The standard InChI is InChI=1S/C12H10ClNO5/c13-8-5-7(1-2-9(8)15)6-12(18)19-14-10(16)3-4-11(14)17/h1-5,15-17H,6H2. The zero-order chi connectivity index (χ0) is 14.0. The molecule has 100 valence electrons. The van der Waals surface area contributed by atoms with E-state index in [0.717, 1.165) is 0 Å². The highest BCUT2D eigenvalue weighted by atomic mass is 35.5. The molecule has 0 unspecified atom stereocenters. The molecule has 0 atom stereocenters. The Labute approximate surface area is 113 Å². The van der Waals surface area contributed by atoms with E-state index < -0.39 is 17.7 Å². The molecule has 2 rings (SSSR count). The van der Waals surface area contributed by atoms with Gasteiger partial charge in [-0.25, -0.2) is 4.79 Å². The lowest BCUT2D eigenvalue weighted by Crippen LogP contribution is -2.20. The molecule has 6 nitrogen and oxygen atoms in total. The lowest BCUT2D eigenvalue weighted by molar-refractivity contribution is -0.144. The van der Waals surface area contributed by atoms with Gasteiger partial charge in [-0.05, 0) is 17.7 Å². The van der Waals surface area contributed by atoms with E-state index in [9.17, 15) is 20.1 Å². The van der Waals surface area contributed by atoms with Crippen molar-refractivity contribution in [3.63, 3.8) is 0 Å². The molecule has 0 aliphatic rings. The number of hydrogen-bond donors (Lipinski definition) is 3. The lowest BCUT2D eigenvalue weighted by atomic mass is 10.1. The average Bonchev–Trinajstić information content (AvgIpc) is 2.66. The normalized spacial score (nSPS) is 10.4. The number of phenolic OH excluding ortho intramolecular Hbond substituents is 1. The van der Waals surface area contributed by atoms with Gasteiger partial charge in [-0.3, -0.25) is 0 Å². The Morgan fingerprint density at radius 2 is 1.79 bits per heavy atom. The maximum Gasteiger partial charge on any atom is 0.337 e. The highest BCUT2D eigenvalue weighted by Gasteiger charge is 2.13. The van der Waals surface area contributed by atoms with Crippen molar-refractivity contribution in [2.75, 3.05) is 0 Å². The van der Waals surface area contributed by atoms with E-state index in [1.54, 1.807) is 0 Å². The quantitative estimate of drug-likeness (QED) is 0.793. The monoisotopic (exact) mass is 283 g/mol. The summed E-state index contributed by atoms with van der Waals surface area (Å²) in [6.45, 7) is 0. The minimum Gasteiger partial charge on any atom is -0.506 e. The fourth-order valence-electron chi connectivity index (χ4n) is 1.46. The predicted molar refractivity (Wildman–Crippen MR) is 66.2 cm³/mol. The Morgan fingerprint density at radius 1 is 1.16 bits per heavy atom. The van der Waals surface area contributed by atoms with Gasteiger partial charge in [0.15, 0.2) is 0 Å². The molecule has 3 N–H and O–H groups in total. The molecule has 0 aliphatic carbocycles. The second kappa shape index (κ2) is 5.11. The van der Waals surface area contributed by atoms with E-state index in [0.29, 0.717) is 10.3 Å². The van der Waals surface area contributed by atoms with Crippen molar-refractivity contribution >= 4 is 17.6 Å². The highest BCUT2D eigenvalue weighted by molar-refractivity contribution is 6.32. The fraction of sp³-hybridized carbons (Fsp3) is 0.0833. The molecular weight excluding hydrogens is 274 g/mol. The number of rotatable bonds is 3. The van der Waals surface area contributed by atoms with Crippen LogP contribution in [0.1, 0.15) is 5.56 Å². The van der Waals surface area contributed by atoms with Crippen LogP contribution in [0.2, 0.25) is 5.02 Å². The molecule has 0 radical (unpaired) electrons. The molecular formula is C12H10ClNO5. The summed E-state index contributed by atoms with van der Waals surface area (Å²) in [5.41, 5.74) is 0.527. The van der Waals surface area contributed by atoms with Gasteiger partial charge in [0.1, 0.15) is 5.75 Å². The molecule has 7 heteroatoms. The number of benzene rings is 1. The Balaban J connectivity index is 2.07. The first-order valence-corrected chi connectivity index (χ1v) is 5.63. The van der Waals surface area contributed by atoms with Gasteiger partial charge in [-0.1, -0.05) is 17.7 Å². The molecule has 0 amide bonds. The third kappa shape index (κ3) is 2.92. The van der Waals surface area contributed by atoms with Gasteiger partial charge in [0.05, 0.1) is 11.4 Å². The molecule has 0 aliphatic heterocycles. The number of hydrogen-bond acceptors (Lipinski definition) is 5. The van der Waals surface area contributed by atoms with Crippen molar-refractivity contribution in [1.82, 2.24) is 4.73 Å². The van der Waals surface area contributed by atoms with Crippen molar-refractivity contribution in [1.29, 1.82) is 0 Å². The second-order valence-electron chi connectivity index (χ2n) is 3.77. The largest absolute Gasteiger partial charge is 0.506 e. The smallest absolute Gasteiger partial charge is 0.337 e. The van der Waals surface area contributed by atoms with Crippen LogP contribution in [0.5, 0.6) is 17.5 Å². The molecule has 0 saturated heterocycles. The molecule has 0 saturated carbocycles. The van der Waals surface area contributed by atoms with Crippen LogP contribution in [0.3, 0.4) is 0 Å². The van der Waals surface area contributed by atoms with Crippen LogP contribution in [-0.2, 0) is 11.2 Å². The van der Waals surface area contributed by atoms with E-state index >= 15 is 0 Å². The van der Waals surface area contributed by atoms with Gasteiger partial charge >= 0.3 is 5.97 Å². The number of halogens is 1. The van der Waals surface area contributed by atoms with Crippen LogP contribution in [0, 0.1) is 0 Å². The van der Waals surface area contributed by atoms with E-state index in [1.165, 1.54) is 30.3 Å². The van der Waals surface area contributed by atoms with E-state index in [-0.39, 0.29) is 17.2 Å². The highest BCUT2D eigenvalue weighted by Crippen LogP contribution is 2.24. The summed E-state index contributed by atoms with van der Waals surface area (Å²) in [4.78, 5) is 16.4. The summed E-state index contributed by atoms with van der Waals surface area (Å²) in [6.07, 6.45) is -0.128. The van der Waals surface area contributed by atoms with Crippen LogP contribution in [0.15, 0.2) is 30.3 Å². The van der Waals surface area contributed by atoms with Gasteiger partial charge in [0.25, 0.3) is 0 Å². The summed E-state index contributed by atoms with van der Waals surface area (Å²) in [7, 11) is 0. The average molecular weight is 284 g/mol. The topological polar surface area (TPSA) is 91.9 Å². The van der Waals surface area contributed by atoms with Crippen molar-refractivity contribution in [3.05, 3.63) is 40.9 Å². The van der Waals surface area contributed by atoms with Gasteiger partial charge < -0.3 is 20.2 Å². The Kier molecular flexibility index (Phi) is 3.52. The van der Waals surface area contributed by atoms with Crippen LogP contribution < -0.4 is 4.84 Å². The van der Waals surface area contributed by atoms with Crippen molar-refractivity contribution in [3.8, 4) is 17.5 Å². The number of carbonyl (C=O) groups excluding carboxylic acids is 1. The SMILES string of the molecule is O=C(Cc1ccc(O)c(Cl)c1)On1c(O)ccc1O. The Morgan fingerprint density at radius 3 is 2.37 bits per heavy atom. The van der Waals surface area contributed by atoms with Crippen molar-refractivity contribution in [2.45, 2.75) is 6.42 Å². The third-order valence-electron chi connectivity index (χ3n) is 2.35. The van der Waals surface area contributed by atoms with Crippen LogP contribution in [-0.4, -0.2) is 26.0 Å². The first kappa shape index (κ1) is 13.1. The molecule has 0 bridgehead atoms. The lowest BCUT2D eigenvalue weighted by Gasteiger charge is -2.07. The third-order valence-corrected chi connectivity index (χ3v) is 2.65. The minimum atomic E-state index is -0.705. The molecule has 0 spiro atoms. The summed E-state index contributed by atoms with van der Waals surface area (Å²) in [5, 5.41) is 28.0. The van der Waals surface area contributed by atoms with Gasteiger partial charge in [-0.2, -0.15) is 0 Å². The van der Waals surface area contributed by atoms with Crippen LogP contribution in [0.25, 0.3) is 0 Å². The maximum atomic E-state index is 11.6. The molecule has 19 heavy (non-hydrogen) atoms. The Bertz CT molecular complexity index is 603. The minimum absolute atomic E-state index is 0.0838. The molecule has 0 fully saturated rings. The Hall–Kier alpha value is -2.34. The number of aromatic nitrogens is 1. The first-order chi connectivity index (χ1) is 8.97. The second-order valence-corrected chi connectivity index (χ2v) is 4.18. The van der Waals surface area contributed by atoms with Crippen LogP contribution >= 0.6 is 11.6 Å². The van der Waals surface area contributed by atoms with Gasteiger partial charge in [0.2, 0.25) is 11.8 Å². The summed E-state index contributed by atoms with van der Waals surface area (Å²) < 4.78 is 0.602. The maximum absolute atomic E-state index is 11.6. The van der Waals surface area contributed by atoms with E-state index in [1.807, 2.05) is 0 Å². The number of nitrogens with zero attached hydrogens (tertiary/aromatic N) is 1. The van der Waals surface area contributed by atoms with Crippen molar-refractivity contribution in [2.24, 2.45) is 0 Å². The molecule has 1 aromatic heterocycles. The summed E-state index contributed by atoms with van der Waals surface area (Å²) in [5.74, 6) is -1.58. The van der Waals surface area contributed by atoms with Crippen molar-refractivity contribution < 1.29 is 25.0 Å². The summed E-state index contributed by atoms with van der Waals surface area (Å²) >= 11 is 5.70. The zero-order valence-electron chi connectivity index (χ0n) is 9.58. The summed E-state index contributed by atoms with van der Waals surface area (Å²) in [6, 6.07) is 6.65. The van der Waals surface area contributed by atoms with E-state index in [4.69, 9.17) is 16.4 Å².